The molecule has 3 aliphatic heterocycles. The standard InChI is InChI=1S/C24H11Cl4FN2O5/c25-16-14-15(17(26)19(28)18(16)27)23(33)31(22(14)32)21-20(9-1-6-12-13(7-9)36-8-35-12)30(24(21)34)11-4-2-10(29)3-5-11/h1-7,20-21H,8H2/t20-,21-/m0/s1. The number of amides is 3. The highest BCUT2D eigenvalue weighted by Crippen LogP contribution is 2.50. The molecule has 0 aromatic heterocycles. The van der Waals surface area contributed by atoms with Gasteiger partial charge in [-0.15, -0.1) is 0 Å². The summed E-state index contributed by atoms with van der Waals surface area (Å²) in [5.74, 6) is -1.76. The average Bonchev–Trinajstić information content (AvgIpc) is 3.43. The third-order valence-electron chi connectivity index (χ3n) is 6.32. The molecule has 7 nitrogen and oxygen atoms in total. The molecule has 1 fully saturated rings. The fourth-order valence-corrected chi connectivity index (χ4v) is 5.68. The van der Waals surface area contributed by atoms with Crippen molar-refractivity contribution >= 4 is 69.8 Å². The zero-order chi connectivity index (χ0) is 25.5. The van der Waals surface area contributed by atoms with Crippen LogP contribution >= 0.6 is 46.4 Å². The minimum Gasteiger partial charge on any atom is -0.454 e. The van der Waals surface area contributed by atoms with Crippen LogP contribution in [0.2, 0.25) is 20.1 Å². The van der Waals surface area contributed by atoms with Crippen molar-refractivity contribution in [2.24, 2.45) is 0 Å². The first-order chi connectivity index (χ1) is 17.2. The Kier molecular flexibility index (Phi) is 5.35. The third-order valence-corrected chi connectivity index (χ3v) is 8.12. The normalized spacial score (nSPS) is 20.2. The Bertz CT molecular complexity index is 1470. The molecular weight excluding hydrogens is 557 g/mol. The molecule has 3 aromatic rings. The SMILES string of the molecule is O=C1c2c(Cl)c(Cl)c(Cl)c(Cl)c2C(=O)N1[C@@H]1C(=O)N(c2ccc(F)cc2)[C@H]1c1ccc2c(c1)OCO2. The van der Waals surface area contributed by atoms with E-state index in [-0.39, 0.29) is 38.0 Å². The highest BCUT2D eigenvalue weighted by atomic mass is 35.5. The number of benzene rings is 3. The van der Waals surface area contributed by atoms with E-state index in [4.69, 9.17) is 55.9 Å². The Hall–Kier alpha value is -3.04. The Labute approximate surface area is 222 Å². The predicted octanol–water partition coefficient (Wildman–Crippen LogP) is 5.92. The lowest BCUT2D eigenvalue weighted by molar-refractivity contribution is -0.130. The zero-order valence-electron chi connectivity index (χ0n) is 17.7. The number of hydrogen-bond donors (Lipinski definition) is 0. The van der Waals surface area contributed by atoms with Crippen LogP contribution in [-0.2, 0) is 4.79 Å². The summed E-state index contributed by atoms with van der Waals surface area (Å²) in [5, 5.41) is -0.817. The molecule has 0 saturated carbocycles. The van der Waals surface area contributed by atoms with Crippen molar-refractivity contribution in [3.63, 3.8) is 0 Å². The van der Waals surface area contributed by atoms with Crippen molar-refractivity contribution in [3.8, 4) is 11.5 Å². The molecule has 3 aliphatic rings. The van der Waals surface area contributed by atoms with E-state index in [9.17, 15) is 18.8 Å². The van der Waals surface area contributed by atoms with Gasteiger partial charge in [0.2, 0.25) is 6.79 Å². The number of hydrogen-bond acceptors (Lipinski definition) is 5. The molecule has 3 amide bonds. The summed E-state index contributed by atoms with van der Waals surface area (Å²) in [7, 11) is 0. The summed E-state index contributed by atoms with van der Waals surface area (Å²) < 4.78 is 24.4. The van der Waals surface area contributed by atoms with Gasteiger partial charge in [0.15, 0.2) is 11.5 Å². The molecule has 0 N–H and O–H groups in total. The Morgan fingerprint density at radius 1 is 0.722 bits per heavy atom. The first-order valence-electron chi connectivity index (χ1n) is 10.4. The van der Waals surface area contributed by atoms with Gasteiger partial charge < -0.3 is 14.4 Å². The number of imide groups is 1. The lowest BCUT2D eigenvalue weighted by atomic mass is 9.86. The number of ether oxygens (including phenoxy) is 2. The van der Waals surface area contributed by atoms with Crippen LogP contribution in [0.3, 0.4) is 0 Å². The molecule has 3 heterocycles. The molecule has 0 bridgehead atoms. The quantitative estimate of drug-likeness (QED) is 0.170. The molecule has 0 spiro atoms. The van der Waals surface area contributed by atoms with Gasteiger partial charge in [-0.3, -0.25) is 19.3 Å². The molecule has 3 aromatic carbocycles. The van der Waals surface area contributed by atoms with Crippen molar-refractivity contribution in [2.45, 2.75) is 12.1 Å². The number of anilines is 1. The third kappa shape index (κ3) is 3.15. The minimum absolute atomic E-state index is 0.0322. The van der Waals surface area contributed by atoms with E-state index in [2.05, 4.69) is 0 Å². The van der Waals surface area contributed by atoms with Gasteiger partial charge in [-0.1, -0.05) is 52.5 Å². The summed E-state index contributed by atoms with van der Waals surface area (Å²) in [6.45, 7) is 0.0322. The van der Waals surface area contributed by atoms with Gasteiger partial charge in [-0.05, 0) is 42.0 Å². The lowest BCUT2D eigenvalue weighted by Gasteiger charge is -2.49. The molecule has 2 atom stereocenters. The molecule has 36 heavy (non-hydrogen) atoms. The number of carbonyl (C=O) groups excluding carboxylic acids is 3. The predicted molar refractivity (Wildman–Crippen MR) is 130 cm³/mol. The molecule has 0 radical (unpaired) electrons. The number of carbonyl (C=O) groups is 3. The Morgan fingerprint density at radius 2 is 1.31 bits per heavy atom. The number of rotatable bonds is 3. The molecule has 12 heteroatoms. The van der Waals surface area contributed by atoms with Crippen molar-refractivity contribution in [3.05, 3.63) is 85.1 Å². The van der Waals surface area contributed by atoms with Gasteiger partial charge in [0.05, 0.1) is 37.3 Å². The molecule has 182 valence electrons. The second-order valence-electron chi connectivity index (χ2n) is 8.17. The van der Waals surface area contributed by atoms with E-state index in [0.29, 0.717) is 22.7 Å². The van der Waals surface area contributed by atoms with Crippen LogP contribution in [0, 0.1) is 5.82 Å². The highest BCUT2D eigenvalue weighted by Gasteiger charge is 2.58. The second-order valence-corrected chi connectivity index (χ2v) is 9.69. The van der Waals surface area contributed by atoms with Gasteiger partial charge in [-0.2, -0.15) is 0 Å². The summed E-state index contributed by atoms with van der Waals surface area (Å²) in [6.07, 6.45) is 0. The minimum atomic E-state index is -1.26. The lowest BCUT2D eigenvalue weighted by Crippen LogP contribution is -2.67. The molecular formula is C24H11Cl4FN2O5. The van der Waals surface area contributed by atoms with Crippen LogP contribution in [0.15, 0.2) is 42.5 Å². The van der Waals surface area contributed by atoms with Crippen LogP contribution in [0.4, 0.5) is 10.1 Å². The Balaban J connectivity index is 1.48. The van der Waals surface area contributed by atoms with Crippen LogP contribution in [-0.4, -0.2) is 35.5 Å². The first-order valence-corrected chi connectivity index (χ1v) is 11.9. The zero-order valence-corrected chi connectivity index (χ0v) is 20.8. The summed E-state index contributed by atoms with van der Waals surface area (Å²) >= 11 is 24.8. The van der Waals surface area contributed by atoms with Gasteiger partial charge in [0.25, 0.3) is 17.7 Å². The van der Waals surface area contributed by atoms with E-state index in [1.165, 1.54) is 29.2 Å². The van der Waals surface area contributed by atoms with E-state index in [1.54, 1.807) is 18.2 Å². The van der Waals surface area contributed by atoms with Crippen molar-refractivity contribution in [2.75, 3.05) is 11.7 Å². The summed E-state index contributed by atoms with van der Waals surface area (Å²) in [6, 6.07) is 8.20. The van der Waals surface area contributed by atoms with Gasteiger partial charge in [0, 0.05) is 5.69 Å². The van der Waals surface area contributed by atoms with Gasteiger partial charge in [-0.25, -0.2) is 4.39 Å². The summed E-state index contributed by atoms with van der Waals surface area (Å²) in [4.78, 5) is 42.6. The van der Waals surface area contributed by atoms with Gasteiger partial charge >= 0.3 is 0 Å². The van der Waals surface area contributed by atoms with E-state index in [1.807, 2.05) is 0 Å². The first kappa shape index (κ1) is 23.4. The fraction of sp³-hybridized carbons (Fsp3) is 0.125. The topological polar surface area (TPSA) is 76.2 Å². The largest absolute Gasteiger partial charge is 0.454 e. The van der Waals surface area contributed by atoms with Crippen LogP contribution < -0.4 is 14.4 Å². The van der Waals surface area contributed by atoms with Gasteiger partial charge in [0.1, 0.15) is 11.9 Å². The number of halogens is 5. The van der Waals surface area contributed by atoms with Crippen molar-refractivity contribution in [1.29, 1.82) is 0 Å². The van der Waals surface area contributed by atoms with Crippen LogP contribution in [0.5, 0.6) is 11.5 Å². The maximum Gasteiger partial charge on any atom is 0.264 e. The van der Waals surface area contributed by atoms with Crippen LogP contribution in [0.1, 0.15) is 32.3 Å². The molecule has 6 rings (SSSR count). The number of nitrogens with zero attached hydrogens (tertiary/aromatic N) is 2. The average molecular weight is 568 g/mol. The number of fused-ring (bicyclic) bond motifs is 2. The molecule has 0 unspecified atom stereocenters. The van der Waals surface area contributed by atoms with E-state index < -0.39 is 35.6 Å². The van der Waals surface area contributed by atoms with Crippen molar-refractivity contribution < 1.29 is 28.2 Å². The number of β-lactam (4-membered cyclic amide) rings is 1. The van der Waals surface area contributed by atoms with E-state index in [0.717, 1.165) is 4.90 Å². The summed E-state index contributed by atoms with van der Waals surface area (Å²) in [5.41, 5.74) is 0.481. The molecule has 0 aliphatic carbocycles. The highest BCUT2D eigenvalue weighted by molar-refractivity contribution is 6.55. The Morgan fingerprint density at radius 3 is 1.92 bits per heavy atom. The van der Waals surface area contributed by atoms with E-state index >= 15 is 0 Å². The van der Waals surface area contributed by atoms with Crippen LogP contribution in [0.25, 0.3) is 0 Å². The smallest absolute Gasteiger partial charge is 0.264 e. The maximum atomic E-state index is 13.6. The maximum absolute atomic E-state index is 13.6. The van der Waals surface area contributed by atoms with Crippen molar-refractivity contribution in [1.82, 2.24) is 4.90 Å². The molecule has 1 saturated heterocycles. The fourth-order valence-electron chi connectivity index (χ4n) is 4.66. The second kappa shape index (κ2) is 8.24. The monoisotopic (exact) mass is 566 g/mol.